The molecular weight excluding hydrogens is 322 g/mol. The molecule has 0 aromatic heterocycles. The largest absolute Gasteiger partial charge is 0.507 e. The summed E-state index contributed by atoms with van der Waals surface area (Å²) >= 11 is 0. The number of ether oxygens (including phenoxy) is 1. The van der Waals surface area contributed by atoms with Crippen LogP contribution in [0.1, 0.15) is 25.0 Å². The Bertz CT molecular complexity index is 807. The van der Waals surface area contributed by atoms with E-state index in [1.807, 2.05) is 0 Å². The van der Waals surface area contributed by atoms with Crippen LogP contribution in [-0.4, -0.2) is 32.7 Å². The fourth-order valence-corrected chi connectivity index (χ4v) is 2.03. The van der Waals surface area contributed by atoms with E-state index in [1.165, 1.54) is 19.9 Å². The van der Waals surface area contributed by atoms with Crippen molar-refractivity contribution in [3.05, 3.63) is 65.7 Å². The number of nitrogens with zero attached hydrogens (tertiary/aromatic N) is 1. The Balaban J connectivity index is 2.14. The molecular formula is C19H19NO5. The average molecular weight is 341 g/mol. The molecule has 0 saturated carbocycles. The van der Waals surface area contributed by atoms with Crippen LogP contribution in [0, 0.1) is 0 Å². The number of aliphatic carboxylic acids is 1. The van der Waals surface area contributed by atoms with Gasteiger partial charge in [0.15, 0.2) is 5.60 Å². The molecule has 0 fully saturated rings. The molecule has 0 saturated heterocycles. The summed E-state index contributed by atoms with van der Waals surface area (Å²) in [5, 5.41) is 31.2. The van der Waals surface area contributed by atoms with Crippen LogP contribution in [-0.2, 0) is 4.79 Å². The van der Waals surface area contributed by atoms with Gasteiger partial charge in [-0.05, 0) is 49.8 Å². The van der Waals surface area contributed by atoms with Gasteiger partial charge < -0.3 is 20.2 Å². The third-order valence-corrected chi connectivity index (χ3v) is 3.49. The normalized spacial score (nSPS) is 12.3. The zero-order valence-corrected chi connectivity index (χ0v) is 13.9. The fraction of sp³-hybridized carbons (Fsp3) is 0.158. The van der Waals surface area contributed by atoms with Gasteiger partial charge in [0.05, 0.1) is 0 Å². The summed E-state index contributed by atoms with van der Waals surface area (Å²) < 4.78 is 5.43. The first-order valence-electron chi connectivity index (χ1n) is 7.54. The number of carboxylic acids is 1. The zero-order valence-electron chi connectivity index (χ0n) is 13.9. The van der Waals surface area contributed by atoms with E-state index in [1.54, 1.807) is 54.6 Å². The number of phenols is 1. The minimum atomic E-state index is -1.32. The summed E-state index contributed by atoms with van der Waals surface area (Å²) in [6, 6.07) is 13.3. The van der Waals surface area contributed by atoms with E-state index in [2.05, 4.69) is 5.16 Å². The number of hydrogen-bond donors (Lipinski definition) is 3. The second kappa shape index (κ2) is 7.53. The first-order valence-corrected chi connectivity index (χ1v) is 7.54. The van der Waals surface area contributed by atoms with Crippen LogP contribution in [0.25, 0.3) is 6.08 Å². The van der Waals surface area contributed by atoms with Gasteiger partial charge in [-0.3, -0.25) is 0 Å². The topological polar surface area (TPSA) is 99.4 Å². The molecule has 0 atom stereocenters. The van der Waals surface area contributed by atoms with Gasteiger partial charge >= 0.3 is 5.97 Å². The second-order valence-corrected chi connectivity index (χ2v) is 5.82. The molecule has 2 rings (SSSR count). The van der Waals surface area contributed by atoms with Crippen molar-refractivity contribution in [2.45, 2.75) is 19.4 Å². The summed E-state index contributed by atoms with van der Waals surface area (Å²) in [4.78, 5) is 11.1. The first kappa shape index (κ1) is 18.1. The lowest BCUT2D eigenvalue weighted by atomic mass is 10.1. The number of aromatic hydroxyl groups is 1. The monoisotopic (exact) mass is 341 g/mol. The minimum Gasteiger partial charge on any atom is -0.507 e. The molecule has 0 aliphatic rings. The molecule has 0 amide bonds. The van der Waals surface area contributed by atoms with Gasteiger partial charge in [0.1, 0.15) is 17.2 Å². The highest BCUT2D eigenvalue weighted by Crippen LogP contribution is 2.21. The lowest BCUT2D eigenvalue weighted by Gasteiger charge is -2.21. The summed E-state index contributed by atoms with van der Waals surface area (Å²) in [6.07, 6.45) is 3.26. The molecule has 0 unspecified atom stereocenters. The number of hydrogen-bond acceptors (Lipinski definition) is 5. The molecule has 0 radical (unpaired) electrons. The van der Waals surface area contributed by atoms with Crippen LogP contribution in [0.4, 0.5) is 0 Å². The molecule has 0 heterocycles. The van der Waals surface area contributed by atoms with E-state index < -0.39 is 11.6 Å². The molecule has 2 aromatic rings. The van der Waals surface area contributed by atoms with Gasteiger partial charge in [-0.2, -0.15) is 0 Å². The zero-order chi connectivity index (χ0) is 18.4. The number of allylic oxidation sites excluding steroid dienone is 1. The van der Waals surface area contributed by atoms with Crippen molar-refractivity contribution in [2.24, 2.45) is 5.16 Å². The van der Waals surface area contributed by atoms with Crippen molar-refractivity contribution in [1.29, 1.82) is 0 Å². The predicted octanol–water partition coefficient (Wildman–Crippen LogP) is 3.53. The molecule has 0 spiro atoms. The van der Waals surface area contributed by atoms with E-state index in [9.17, 15) is 9.90 Å². The van der Waals surface area contributed by atoms with E-state index in [4.69, 9.17) is 15.1 Å². The first-order chi connectivity index (χ1) is 11.8. The number of carboxylic acid groups (broad SMARTS) is 1. The lowest BCUT2D eigenvalue weighted by molar-refractivity contribution is -0.152. The van der Waals surface area contributed by atoms with E-state index >= 15 is 0 Å². The molecule has 0 aliphatic carbocycles. The highest BCUT2D eigenvalue weighted by atomic mass is 16.5. The minimum absolute atomic E-state index is 0.0135. The molecule has 130 valence electrons. The smallest absolute Gasteiger partial charge is 0.347 e. The van der Waals surface area contributed by atoms with Crippen molar-refractivity contribution in [3.63, 3.8) is 0 Å². The summed E-state index contributed by atoms with van der Waals surface area (Å²) in [7, 11) is 0. The van der Waals surface area contributed by atoms with Crippen molar-refractivity contribution in [1.82, 2.24) is 0 Å². The van der Waals surface area contributed by atoms with Gasteiger partial charge in [0.25, 0.3) is 0 Å². The number of benzene rings is 2. The molecule has 25 heavy (non-hydrogen) atoms. The number of oxime groups is 1. The Morgan fingerprint density at radius 1 is 1.12 bits per heavy atom. The van der Waals surface area contributed by atoms with Crippen LogP contribution in [0.15, 0.2) is 59.8 Å². The molecule has 2 aromatic carbocycles. The van der Waals surface area contributed by atoms with Crippen LogP contribution in [0.2, 0.25) is 0 Å². The van der Waals surface area contributed by atoms with E-state index in [0.717, 1.165) is 5.56 Å². The fourth-order valence-electron chi connectivity index (χ4n) is 2.03. The Morgan fingerprint density at radius 3 is 2.32 bits per heavy atom. The van der Waals surface area contributed by atoms with Gasteiger partial charge in [0, 0.05) is 5.56 Å². The molecule has 6 heteroatoms. The maximum absolute atomic E-state index is 11.1. The van der Waals surface area contributed by atoms with Crippen LogP contribution >= 0.6 is 0 Å². The molecule has 0 bridgehead atoms. The van der Waals surface area contributed by atoms with Gasteiger partial charge in [0.2, 0.25) is 0 Å². The quantitative estimate of drug-likeness (QED) is 0.424. The average Bonchev–Trinajstić information content (AvgIpc) is 2.58. The lowest BCUT2D eigenvalue weighted by Crippen LogP contribution is -2.37. The van der Waals surface area contributed by atoms with Gasteiger partial charge in [-0.1, -0.05) is 35.5 Å². The van der Waals surface area contributed by atoms with Crippen molar-refractivity contribution in [3.8, 4) is 11.5 Å². The van der Waals surface area contributed by atoms with Crippen molar-refractivity contribution < 1.29 is 25.0 Å². The second-order valence-electron chi connectivity index (χ2n) is 5.82. The molecule has 0 aliphatic heterocycles. The summed E-state index contributed by atoms with van der Waals surface area (Å²) in [5.41, 5.74) is 0.0886. The maximum atomic E-state index is 11.1. The molecule has 3 N–H and O–H groups in total. The van der Waals surface area contributed by atoms with Gasteiger partial charge in [-0.15, -0.1) is 0 Å². The van der Waals surface area contributed by atoms with Gasteiger partial charge in [-0.25, -0.2) is 4.79 Å². The highest BCUT2D eigenvalue weighted by molar-refractivity contribution is 6.12. The number of para-hydroxylation sites is 1. The van der Waals surface area contributed by atoms with E-state index in [-0.39, 0.29) is 11.5 Å². The Hall–Kier alpha value is -3.28. The third kappa shape index (κ3) is 4.60. The number of phenolic OH excluding ortho intramolecular Hbond substituents is 1. The Kier molecular flexibility index (Phi) is 5.44. The number of carbonyl (C=O) groups is 1. The van der Waals surface area contributed by atoms with Crippen molar-refractivity contribution in [2.75, 3.05) is 0 Å². The Morgan fingerprint density at radius 2 is 1.76 bits per heavy atom. The summed E-state index contributed by atoms with van der Waals surface area (Å²) in [6.45, 7) is 2.94. The highest BCUT2D eigenvalue weighted by Gasteiger charge is 2.29. The third-order valence-electron chi connectivity index (χ3n) is 3.49. The van der Waals surface area contributed by atoms with E-state index in [0.29, 0.717) is 11.3 Å². The van der Waals surface area contributed by atoms with Crippen LogP contribution in [0.5, 0.6) is 11.5 Å². The number of rotatable bonds is 6. The SMILES string of the molecule is CC(C)(Oc1ccc(/C=C/C(=N\O)c2ccccc2O)cc1)C(=O)O. The predicted molar refractivity (Wildman–Crippen MR) is 94.2 cm³/mol. The Labute approximate surface area is 145 Å². The maximum Gasteiger partial charge on any atom is 0.347 e. The standard InChI is InChI=1S/C19H19NO5/c1-19(2,18(22)23)25-14-10-7-13(8-11-14)9-12-16(20-24)15-5-3-4-6-17(15)21/h3-12,21,24H,1-2H3,(H,22,23)/b12-9+,20-16+. The van der Waals surface area contributed by atoms with Crippen LogP contribution < -0.4 is 4.74 Å². The summed E-state index contributed by atoms with van der Waals surface area (Å²) in [5.74, 6) is -0.608. The van der Waals surface area contributed by atoms with Crippen molar-refractivity contribution >= 4 is 17.8 Å². The van der Waals surface area contributed by atoms with Crippen LogP contribution in [0.3, 0.4) is 0 Å². The molecule has 6 nitrogen and oxygen atoms in total.